The number of methoxy groups -OCH3 is 1. The number of pyridine rings is 1. The van der Waals surface area contributed by atoms with Crippen LogP contribution < -0.4 is 10.1 Å². The highest BCUT2D eigenvalue weighted by molar-refractivity contribution is 5.84. The monoisotopic (exact) mass is 305 g/mol. The second-order valence-corrected chi connectivity index (χ2v) is 6.18. The number of rotatable bonds is 3. The molecule has 2 aliphatic heterocycles. The summed E-state index contributed by atoms with van der Waals surface area (Å²) in [6, 6.07) is 3.74. The molecule has 1 aromatic rings. The van der Waals surface area contributed by atoms with E-state index in [1.807, 2.05) is 12.1 Å². The molecule has 3 rings (SSSR count). The fourth-order valence-electron chi connectivity index (χ4n) is 3.60. The van der Waals surface area contributed by atoms with Crippen molar-refractivity contribution >= 4 is 5.91 Å². The van der Waals surface area contributed by atoms with E-state index in [-0.39, 0.29) is 5.91 Å². The van der Waals surface area contributed by atoms with E-state index in [0.29, 0.717) is 26.1 Å². The molecule has 6 heteroatoms. The van der Waals surface area contributed by atoms with Crippen LogP contribution in [-0.4, -0.2) is 53.7 Å². The molecule has 0 unspecified atom stereocenters. The van der Waals surface area contributed by atoms with Crippen LogP contribution in [0.5, 0.6) is 5.75 Å². The molecule has 0 saturated carbocycles. The Bertz CT molecular complexity index is 551. The summed E-state index contributed by atoms with van der Waals surface area (Å²) in [6.07, 6.45) is 3.47. The van der Waals surface area contributed by atoms with Crippen LogP contribution in [0.15, 0.2) is 18.3 Å². The molecule has 2 N–H and O–H groups in total. The molecule has 2 fully saturated rings. The van der Waals surface area contributed by atoms with E-state index in [1.165, 1.54) is 0 Å². The third-order valence-corrected chi connectivity index (χ3v) is 4.84. The average molecular weight is 305 g/mol. The number of amides is 1. The van der Waals surface area contributed by atoms with E-state index < -0.39 is 11.5 Å². The van der Waals surface area contributed by atoms with Crippen LogP contribution in [0, 0.1) is 5.41 Å². The predicted molar refractivity (Wildman–Crippen MR) is 81.4 cm³/mol. The first-order valence-electron chi connectivity index (χ1n) is 7.82. The number of hydrogen-bond donors (Lipinski definition) is 2. The number of piperidine rings is 2. The standard InChI is InChI=1S/C16H23N3O3/c1-22-13-4-2-7-17-12(13)10-19-9-5-14(20)16(11-19)6-3-8-18-15(16)21/h2,4,7,14,20H,3,5-6,8-11H2,1H3,(H,18,21)/t14-,16+/m0/s1. The highest BCUT2D eigenvalue weighted by Crippen LogP contribution is 2.37. The quantitative estimate of drug-likeness (QED) is 0.853. The van der Waals surface area contributed by atoms with Crippen molar-refractivity contribution in [1.29, 1.82) is 0 Å². The number of carbonyl (C=O) groups is 1. The SMILES string of the molecule is COc1cccnc1CN1CC[C@H](O)[C@@]2(CCCNC2=O)C1. The van der Waals surface area contributed by atoms with Gasteiger partial charge in [-0.3, -0.25) is 14.7 Å². The van der Waals surface area contributed by atoms with Crippen LogP contribution in [0.2, 0.25) is 0 Å². The Morgan fingerprint density at radius 3 is 3.23 bits per heavy atom. The van der Waals surface area contributed by atoms with Gasteiger partial charge in [-0.15, -0.1) is 0 Å². The van der Waals surface area contributed by atoms with E-state index in [0.717, 1.165) is 30.8 Å². The maximum atomic E-state index is 12.4. The maximum Gasteiger partial charge on any atom is 0.230 e. The van der Waals surface area contributed by atoms with Gasteiger partial charge < -0.3 is 15.2 Å². The highest BCUT2D eigenvalue weighted by atomic mass is 16.5. The smallest absolute Gasteiger partial charge is 0.230 e. The second-order valence-electron chi connectivity index (χ2n) is 6.18. The fraction of sp³-hybridized carbons (Fsp3) is 0.625. The number of aromatic nitrogens is 1. The first-order valence-corrected chi connectivity index (χ1v) is 7.82. The van der Waals surface area contributed by atoms with Crippen molar-refractivity contribution in [2.45, 2.75) is 31.9 Å². The van der Waals surface area contributed by atoms with Gasteiger partial charge in [0.05, 0.1) is 24.3 Å². The Balaban J connectivity index is 1.77. The molecule has 120 valence electrons. The number of nitrogens with zero attached hydrogens (tertiary/aromatic N) is 2. The van der Waals surface area contributed by atoms with Crippen molar-refractivity contribution < 1.29 is 14.6 Å². The third-order valence-electron chi connectivity index (χ3n) is 4.84. The van der Waals surface area contributed by atoms with Crippen LogP contribution in [-0.2, 0) is 11.3 Å². The maximum absolute atomic E-state index is 12.4. The zero-order valence-electron chi connectivity index (χ0n) is 12.9. The van der Waals surface area contributed by atoms with Gasteiger partial charge >= 0.3 is 0 Å². The van der Waals surface area contributed by atoms with Crippen molar-refractivity contribution in [3.05, 3.63) is 24.0 Å². The lowest BCUT2D eigenvalue weighted by molar-refractivity contribution is -0.149. The molecule has 6 nitrogen and oxygen atoms in total. The number of aliphatic hydroxyl groups excluding tert-OH is 1. The van der Waals surface area contributed by atoms with E-state index in [1.54, 1.807) is 13.3 Å². The minimum absolute atomic E-state index is 0.0102. The molecular formula is C16H23N3O3. The van der Waals surface area contributed by atoms with Crippen LogP contribution in [0.25, 0.3) is 0 Å². The van der Waals surface area contributed by atoms with Crippen molar-refractivity contribution in [3.8, 4) is 5.75 Å². The minimum Gasteiger partial charge on any atom is -0.495 e. The third kappa shape index (κ3) is 2.68. The first-order chi connectivity index (χ1) is 10.7. The molecule has 2 aliphatic rings. The molecule has 0 aromatic carbocycles. The lowest BCUT2D eigenvalue weighted by Crippen LogP contribution is -2.61. The second kappa shape index (κ2) is 6.22. The van der Waals surface area contributed by atoms with Gasteiger partial charge in [0, 0.05) is 32.4 Å². The summed E-state index contributed by atoms with van der Waals surface area (Å²) in [4.78, 5) is 18.9. The van der Waals surface area contributed by atoms with Crippen LogP contribution in [0.4, 0.5) is 0 Å². The number of nitrogens with one attached hydrogen (secondary N) is 1. The van der Waals surface area contributed by atoms with Crippen LogP contribution in [0.3, 0.4) is 0 Å². The number of aliphatic hydroxyl groups is 1. The summed E-state index contributed by atoms with van der Waals surface area (Å²) in [7, 11) is 1.64. The number of hydrogen-bond acceptors (Lipinski definition) is 5. The minimum atomic E-state index is -0.668. The zero-order valence-corrected chi connectivity index (χ0v) is 12.9. The Morgan fingerprint density at radius 2 is 2.45 bits per heavy atom. The topological polar surface area (TPSA) is 74.7 Å². The molecule has 1 aromatic heterocycles. The first kappa shape index (κ1) is 15.2. The molecule has 0 bridgehead atoms. The highest BCUT2D eigenvalue weighted by Gasteiger charge is 2.49. The summed E-state index contributed by atoms with van der Waals surface area (Å²) in [5, 5.41) is 13.3. The summed E-state index contributed by atoms with van der Waals surface area (Å²) < 4.78 is 5.35. The number of ether oxygens (including phenoxy) is 1. The van der Waals surface area contributed by atoms with Crippen LogP contribution in [0.1, 0.15) is 25.0 Å². The van der Waals surface area contributed by atoms with Gasteiger partial charge in [0.2, 0.25) is 5.91 Å². The van der Waals surface area contributed by atoms with Crippen molar-refractivity contribution in [3.63, 3.8) is 0 Å². The molecular weight excluding hydrogens is 282 g/mol. The molecule has 1 spiro atoms. The molecule has 3 heterocycles. The van der Waals surface area contributed by atoms with Gasteiger partial charge in [-0.2, -0.15) is 0 Å². The van der Waals surface area contributed by atoms with Gasteiger partial charge in [0.1, 0.15) is 5.75 Å². The average Bonchev–Trinajstić information content (AvgIpc) is 2.54. The Labute approximate surface area is 130 Å². The lowest BCUT2D eigenvalue weighted by Gasteiger charge is -2.46. The molecule has 2 saturated heterocycles. The molecule has 2 atom stereocenters. The van der Waals surface area contributed by atoms with Crippen molar-refractivity contribution in [2.24, 2.45) is 5.41 Å². The van der Waals surface area contributed by atoms with E-state index in [9.17, 15) is 9.90 Å². The summed E-state index contributed by atoms with van der Waals surface area (Å²) in [5.41, 5.74) is 0.200. The summed E-state index contributed by atoms with van der Waals surface area (Å²) in [5.74, 6) is 0.750. The Kier molecular flexibility index (Phi) is 4.31. The molecule has 0 aliphatic carbocycles. The van der Waals surface area contributed by atoms with Gasteiger partial charge in [-0.05, 0) is 31.4 Å². The summed E-state index contributed by atoms with van der Waals surface area (Å²) in [6.45, 7) is 2.67. The Hall–Kier alpha value is -1.66. The normalized spacial score (nSPS) is 29.4. The largest absolute Gasteiger partial charge is 0.495 e. The van der Waals surface area contributed by atoms with Crippen LogP contribution >= 0.6 is 0 Å². The summed E-state index contributed by atoms with van der Waals surface area (Å²) >= 11 is 0. The van der Waals surface area contributed by atoms with Gasteiger partial charge in [0.25, 0.3) is 0 Å². The van der Waals surface area contributed by atoms with Crippen molar-refractivity contribution in [2.75, 3.05) is 26.7 Å². The van der Waals surface area contributed by atoms with Crippen molar-refractivity contribution in [1.82, 2.24) is 15.2 Å². The van der Waals surface area contributed by atoms with E-state index >= 15 is 0 Å². The lowest BCUT2D eigenvalue weighted by atomic mass is 9.71. The van der Waals surface area contributed by atoms with E-state index in [2.05, 4.69) is 15.2 Å². The van der Waals surface area contributed by atoms with Gasteiger partial charge in [-0.25, -0.2) is 0 Å². The van der Waals surface area contributed by atoms with Gasteiger partial charge in [0.15, 0.2) is 0 Å². The van der Waals surface area contributed by atoms with E-state index in [4.69, 9.17) is 4.74 Å². The van der Waals surface area contributed by atoms with Gasteiger partial charge in [-0.1, -0.05) is 0 Å². The predicted octanol–water partition coefficient (Wildman–Crippen LogP) is 0.553. The fourth-order valence-corrected chi connectivity index (χ4v) is 3.60. The zero-order chi connectivity index (χ0) is 15.6. The number of carbonyl (C=O) groups excluding carboxylic acids is 1. The molecule has 22 heavy (non-hydrogen) atoms. The number of likely N-dealkylation sites (tertiary alicyclic amines) is 1. The Morgan fingerprint density at radius 1 is 1.59 bits per heavy atom. The molecule has 1 amide bonds. The molecule has 0 radical (unpaired) electrons.